The maximum Gasteiger partial charge on any atom is 0.263 e. The minimum atomic E-state index is -0.104. The highest BCUT2D eigenvalue weighted by Crippen LogP contribution is 2.31. The minimum Gasteiger partial charge on any atom is -0.355 e. The van der Waals surface area contributed by atoms with Crippen molar-refractivity contribution < 1.29 is 14.1 Å². The molecule has 0 N–H and O–H groups in total. The lowest BCUT2D eigenvalue weighted by Crippen LogP contribution is -2.35. The molecular weight excluding hydrogens is 362 g/mol. The molecule has 3 aromatic rings. The van der Waals surface area contributed by atoms with Crippen LogP contribution < -0.4 is 0 Å². The summed E-state index contributed by atoms with van der Waals surface area (Å²) in [6, 6.07) is 11.4. The Bertz CT molecular complexity index is 991. The van der Waals surface area contributed by atoms with E-state index < -0.39 is 0 Å². The maximum atomic E-state index is 13.1. The highest BCUT2D eigenvalue weighted by atomic mass is 32.1. The lowest BCUT2D eigenvalue weighted by molar-refractivity contribution is 0.0736. The van der Waals surface area contributed by atoms with Crippen molar-refractivity contribution in [2.45, 2.75) is 13.0 Å². The van der Waals surface area contributed by atoms with Gasteiger partial charge in [-0.25, -0.2) is 0 Å². The van der Waals surface area contributed by atoms with Gasteiger partial charge in [0.2, 0.25) is 0 Å². The predicted molar refractivity (Wildman–Crippen MR) is 103 cm³/mol. The quantitative estimate of drug-likeness (QED) is 0.698. The molecule has 0 radical (unpaired) electrons. The fourth-order valence-electron chi connectivity index (χ4n) is 3.19. The molecule has 0 unspecified atom stereocenters. The van der Waals surface area contributed by atoms with E-state index in [0.29, 0.717) is 29.3 Å². The first kappa shape index (κ1) is 17.5. The lowest BCUT2D eigenvalue weighted by Gasteiger charge is -2.26. The average molecular weight is 381 g/mol. The third-order valence-corrected chi connectivity index (χ3v) is 5.83. The molecule has 0 spiro atoms. The Hall–Kier alpha value is -2.93. The number of carbonyl (C=O) groups excluding carboxylic acids is 2. The number of fused-ring (bicyclic) bond motifs is 1. The average Bonchev–Trinajstić information content (AvgIpc) is 3.33. The molecule has 0 fully saturated rings. The first-order valence-corrected chi connectivity index (χ1v) is 9.49. The molecule has 0 saturated heterocycles. The zero-order valence-electron chi connectivity index (χ0n) is 15.1. The molecule has 1 aliphatic rings. The van der Waals surface area contributed by atoms with E-state index in [1.54, 1.807) is 23.9 Å². The van der Waals surface area contributed by atoms with E-state index in [2.05, 4.69) is 5.16 Å². The normalized spacial score (nSPS) is 13.3. The molecule has 138 valence electrons. The second kappa shape index (κ2) is 7.00. The number of hydrogen-bond donors (Lipinski definition) is 0. The van der Waals surface area contributed by atoms with E-state index in [-0.39, 0.29) is 11.8 Å². The molecule has 27 heavy (non-hydrogen) atoms. The minimum absolute atomic E-state index is 0.00215. The van der Waals surface area contributed by atoms with Crippen LogP contribution in [0.25, 0.3) is 11.3 Å². The second-order valence-corrected chi connectivity index (χ2v) is 7.81. The molecule has 1 aromatic carbocycles. The fourth-order valence-corrected chi connectivity index (χ4v) is 4.38. The van der Waals surface area contributed by atoms with Crippen LogP contribution >= 0.6 is 11.3 Å². The summed E-state index contributed by atoms with van der Waals surface area (Å²) < 4.78 is 5.35. The van der Waals surface area contributed by atoms with Crippen molar-refractivity contribution in [3.05, 3.63) is 63.5 Å². The number of carbonyl (C=O) groups is 2. The van der Waals surface area contributed by atoms with E-state index in [4.69, 9.17) is 4.52 Å². The molecule has 2 aromatic heterocycles. The van der Waals surface area contributed by atoms with Gasteiger partial charge in [0.15, 0.2) is 5.76 Å². The third-order valence-electron chi connectivity index (χ3n) is 4.61. The Morgan fingerprint density at radius 1 is 1.22 bits per heavy atom. The zero-order valence-corrected chi connectivity index (χ0v) is 16.0. The molecule has 0 bridgehead atoms. The molecule has 0 atom stereocenters. The lowest BCUT2D eigenvalue weighted by atomic mass is 10.1. The van der Waals surface area contributed by atoms with Crippen molar-refractivity contribution in [2.75, 3.05) is 20.6 Å². The largest absolute Gasteiger partial charge is 0.355 e. The number of rotatable bonds is 3. The van der Waals surface area contributed by atoms with Crippen LogP contribution in [0.5, 0.6) is 0 Å². The highest BCUT2D eigenvalue weighted by molar-refractivity contribution is 7.14. The van der Waals surface area contributed by atoms with Crippen LogP contribution in [-0.4, -0.2) is 47.4 Å². The van der Waals surface area contributed by atoms with Crippen LogP contribution in [0.2, 0.25) is 0 Å². The van der Waals surface area contributed by atoms with Crippen LogP contribution in [0.4, 0.5) is 0 Å². The Kier molecular flexibility index (Phi) is 4.53. The third kappa shape index (κ3) is 3.26. The second-order valence-electron chi connectivity index (χ2n) is 6.67. The number of amides is 2. The first-order valence-electron chi connectivity index (χ1n) is 8.67. The topological polar surface area (TPSA) is 66.7 Å². The van der Waals surface area contributed by atoms with Crippen LogP contribution in [-0.2, 0) is 13.0 Å². The van der Waals surface area contributed by atoms with Gasteiger partial charge < -0.3 is 14.3 Å². The van der Waals surface area contributed by atoms with Crippen molar-refractivity contribution >= 4 is 23.2 Å². The SMILES string of the molecule is CN(C)C(=O)c1cc2c(s1)CCN(C(=O)c1cnoc1-c1ccccc1)C2. The molecule has 0 aliphatic carbocycles. The molecule has 2 amide bonds. The number of aromatic nitrogens is 1. The Morgan fingerprint density at radius 3 is 2.74 bits per heavy atom. The van der Waals surface area contributed by atoms with E-state index in [9.17, 15) is 9.59 Å². The Balaban J connectivity index is 1.58. The predicted octanol–water partition coefficient (Wildman–Crippen LogP) is 3.30. The van der Waals surface area contributed by atoms with E-state index in [1.807, 2.05) is 36.4 Å². The molecular formula is C20H19N3O3S. The Labute approximate surface area is 161 Å². The summed E-state index contributed by atoms with van der Waals surface area (Å²) in [5, 5.41) is 3.83. The molecule has 3 heterocycles. The van der Waals surface area contributed by atoms with Crippen molar-refractivity contribution in [1.82, 2.24) is 15.0 Å². The summed E-state index contributed by atoms with van der Waals surface area (Å²) >= 11 is 1.52. The number of thiophene rings is 1. The zero-order chi connectivity index (χ0) is 19.0. The summed E-state index contributed by atoms with van der Waals surface area (Å²) in [5.41, 5.74) is 2.33. The van der Waals surface area contributed by atoms with Crippen molar-refractivity contribution in [2.24, 2.45) is 0 Å². The van der Waals surface area contributed by atoms with Gasteiger partial charge in [-0.1, -0.05) is 35.5 Å². The smallest absolute Gasteiger partial charge is 0.263 e. The molecule has 4 rings (SSSR count). The van der Waals surface area contributed by atoms with Crippen molar-refractivity contribution in [3.63, 3.8) is 0 Å². The molecule has 0 saturated carbocycles. The van der Waals surface area contributed by atoms with Gasteiger partial charge >= 0.3 is 0 Å². The fraction of sp³-hybridized carbons (Fsp3) is 0.250. The Morgan fingerprint density at radius 2 is 2.00 bits per heavy atom. The van der Waals surface area contributed by atoms with Gasteiger partial charge in [-0.3, -0.25) is 9.59 Å². The van der Waals surface area contributed by atoms with Crippen LogP contribution in [0, 0.1) is 0 Å². The van der Waals surface area contributed by atoms with Gasteiger partial charge in [0.1, 0.15) is 5.56 Å². The summed E-state index contributed by atoms with van der Waals surface area (Å²) in [5.74, 6) is 0.380. The van der Waals surface area contributed by atoms with Gasteiger partial charge in [0.05, 0.1) is 11.1 Å². The monoisotopic (exact) mass is 381 g/mol. The summed E-state index contributed by atoms with van der Waals surface area (Å²) in [7, 11) is 3.49. The number of nitrogens with zero attached hydrogens (tertiary/aromatic N) is 3. The van der Waals surface area contributed by atoms with Gasteiger partial charge in [-0.05, 0) is 18.1 Å². The molecule has 7 heteroatoms. The van der Waals surface area contributed by atoms with Gasteiger partial charge in [0, 0.05) is 37.6 Å². The standard InChI is InChI=1S/C20H19N3O3S/c1-22(2)20(25)17-10-14-12-23(9-8-16(14)27-17)19(24)15-11-21-26-18(15)13-6-4-3-5-7-13/h3-7,10-11H,8-9,12H2,1-2H3. The van der Waals surface area contributed by atoms with Crippen molar-refractivity contribution in [3.8, 4) is 11.3 Å². The van der Waals surface area contributed by atoms with Gasteiger partial charge in [-0.15, -0.1) is 11.3 Å². The summed E-state index contributed by atoms with van der Waals surface area (Å²) in [4.78, 5) is 30.5. The van der Waals surface area contributed by atoms with E-state index >= 15 is 0 Å². The van der Waals surface area contributed by atoms with Crippen molar-refractivity contribution in [1.29, 1.82) is 0 Å². The number of hydrogen-bond acceptors (Lipinski definition) is 5. The number of benzene rings is 1. The van der Waals surface area contributed by atoms with E-state index in [1.165, 1.54) is 22.4 Å². The maximum absolute atomic E-state index is 13.1. The van der Waals surface area contributed by atoms with Gasteiger partial charge in [-0.2, -0.15) is 0 Å². The highest BCUT2D eigenvalue weighted by Gasteiger charge is 2.28. The van der Waals surface area contributed by atoms with Crippen LogP contribution in [0.3, 0.4) is 0 Å². The van der Waals surface area contributed by atoms with Gasteiger partial charge in [0.25, 0.3) is 11.8 Å². The first-order chi connectivity index (χ1) is 13.0. The summed E-state index contributed by atoms with van der Waals surface area (Å²) in [6.07, 6.45) is 2.23. The van der Waals surface area contributed by atoms with Crippen LogP contribution in [0.1, 0.15) is 30.5 Å². The van der Waals surface area contributed by atoms with E-state index in [0.717, 1.165) is 17.5 Å². The molecule has 6 nitrogen and oxygen atoms in total. The molecule has 1 aliphatic heterocycles. The summed E-state index contributed by atoms with van der Waals surface area (Å²) in [6.45, 7) is 1.10. The van der Waals surface area contributed by atoms with Crippen LogP contribution in [0.15, 0.2) is 47.1 Å².